The van der Waals surface area contributed by atoms with E-state index in [0.717, 1.165) is 66.3 Å². The van der Waals surface area contributed by atoms with Crippen molar-refractivity contribution >= 4 is 22.6 Å². The number of carbonyl (C=O) groups is 1. The predicted octanol–water partition coefficient (Wildman–Crippen LogP) is 4.91. The van der Waals surface area contributed by atoms with Gasteiger partial charge in [-0.1, -0.05) is 30.3 Å². The molecule has 6 heteroatoms. The van der Waals surface area contributed by atoms with E-state index in [4.69, 9.17) is 0 Å². The zero-order valence-corrected chi connectivity index (χ0v) is 20.1. The molecule has 0 saturated carbocycles. The van der Waals surface area contributed by atoms with Crippen molar-refractivity contribution in [3.8, 4) is 22.4 Å². The van der Waals surface area contributed by atoms with E-state index in [2.05, 4.69) is 75.6 Å². The number of amides is 1. The van der Waals surface area contributed by atoms with Gasteiger partial charge in [0.2, 0.25) is 5.91 Å². The largest absolute Gasteiger partial charge is 0.388 e. The van der Waals surface area contributed by atoms with Crippen LogP contribution in [0.5, 0.6) is 0 Å². The van der Waals surface area contributed by atoms with Crippen molar-refractivity contribution in [1.29, 1.82) is 0 Å². The lowest BCUT2D eigenvalue weighted by atomic mass is 9.96. The Labute approximate surface area is 200 Å². The van der Waals surface area contributed by atoms with E-state index in [1.807, 2.05) is 24.2 Å². The fourth-order valence-corrected chi connectivity index (χ4v) is 4.89. The highest BCUT2D eigenvalue weighted by atomic mass is 16.2. The number of hydrogen-bond acceptors (Lipinski definition) is 4. The van der Waals surface area contributed by atoms with E-state index in [-0.39, 0.29) is 5.91 Å². The number of aromatic amines is 1. The number of carbonyl (C=O) groups excluding carboxylic acids is 1. The Morgan fingerprint density at radius 2 is 1.85 bits per heavy atom. The van der Waals surface area contributed by atoms with Gasteiger partial charge in [0, 0.05) is 69.5 Å². The van der Waals surface area contributed by atoms with E-state index >= 15 is 0 Å². The maximum absolute atomic E-state index is 11.6. The molecule has 5 rings (SSSR count). The van der Waals surface area contributed by atoms with Gasteiger partial charge >= 0.3 is 0 Å². The number of piperazine rings is 1. The third kappa shape index (κ3) is 4.29. The summed E-state index contributed by atoms with van der Waals surface area (Å²) in [4.78, 5) is 24.2. The lowest BCUT2D eigenvalue weighted by molar-refractivity contribution is -0.130. The van der Waals surface area contributed by atoms with Crippen LogP contribution in [-0.2, 0) is 11.3 Å². The van der Waals surface area contributed by atoms with Gasteiger partial charge in [-0.15, -0.1) is 0 Å². The Morgan fingerprint density at radius 1 is 1.03 bits per heavy atom. The second-order valence-corrected chi connectivity index (χ2v) is 9.04. The fourth-order valence-electron chi connectivity index (χ4n) is 4.89. The van der Waals surface area contributed by atoms with Crippen molar-refractivity contribution in [3.63, 3.8) is 0 Å². The molecular weight excluding hydrogens is 422 g/mol. The molecule has 2 aromatic carbocycles. The number of nitrogens with one attached hydrogen (secondary N) is 2. The molecule has 1 aliphatic heterocycles. The van der Waals surface area contributed by atoms with Crippen molar-refractivity contribution in [1.82, 2.24) is 19.8 Å². The van der Waals surface area contributed by atoms with Gasteiger partial charge in [-0.3, -0.25) is 9.69 Å². The molecule has 1 amide bonds. The first-order valence-electron chi connectivity index (χ1n) is 11.9. The van der Waals surface area contributed by atoms with E-state index in [9.17, 15) is 4.79 Å². The van der Waals surface area contributed by atoms with Crippen molar-refractivity contribution in [2.45, 2.75) is 20.4 Å². The summed E-state index contributed by atoms with van der Waals surface area (Å²) in [7, 11) is 1.96. The van der Waals surface area contributed by atoms with Crippen LogP contribution in [0.2, 0.25) is 0 Å². The molecule has 174 valence electrons. The van der Waals surface area contributed by atoms with Crippen molar-refractivity contribution in [2.75, 3.05) is 38.5 Å². The number of nitrogens with zero attached hydrogens (tertiary/aromatic N) is 3. The molecule has 6 nitrogen and oxygen atoms in total. The summed E-state index contributed by atoms with van der Waals surface area (Å²) in [6, 6.07) is 19.5. The third-order valence-electron chi connectivity index (χ3n) is 6.81. The number of pyridine rings is 1. The minimum atomic E-state index is 0.166. The van der Waals surface area contributed by atoms with Crippen LogP contribution in [0.3, 0.4) is 0 Å². The first kappa shape index (κ1) is 22.2. The van der Waals surface area contributed by atoms with Crippen molar-refractivity contribution < 1.29 is 4.79 Å². The zero-order valence-electron chi connectivity index (χ0n) is 20.1. The molecule has 0 unspecified atom stereocenters. The zero-order chi connectivity index (χ0) is 23.7. The van der Waals surface area contributed by atoms with Gasteiger partial charge in [0.05, 0.1) is 5.69 Å². The molecule has 4 aromatic rings. The maximum atomic E-state index is 11.6. The van der Waals surface area contributed by atoms with Gasteiger partial charge < -0.3 is 15.2 Å². The molecule has 2 aromatic heterocycles. The van der Waals surface area contributed by atoms with Crippen LogP contribution >= 0.6 is 0 Å². The van der Waals surface area contributed by atoms with Crippen molar-refractivity contribution in [2.24, 2.45) is 0 Å². The van der Waals surface area contributed by atoms with Crippen LogP contribution in [0.15, 0.2) is 60.8 Å². The normalized spacial score (nSPS) is 14.5. The van der Waals surface area contributed by atoms with Crippen LogP contribution in [0.4, 0.5) is 5.69 Å². The smallest absolute Gasteiger partial charge is 0.219 e. The maximum Gasteiger partial charge on any atom is 0.219 e. The summed E-state index contributed by atoms with van der Waals surface area (Å²) in [5.74, 6) is 0.166. The van der Waals surface area contributed by atoms with Crippen molar-refractivity contribution in [3.05, 3.63) is 71.9 Å². The highest BCUT2D eigenvalue weighted by Gasteiger charge is 2.20. The molecule has 1 fully saturated rings. The number of fused-ring (bicyclic) bond motifs is 1. The van der Waals surface area contributed by atoms with Gasteiger partial charge in [0.15, 0.2) is 0 Å². The highest BCUT2D eigenvalue weighted by Crippen LogP contribution is 2.39. The monoisotopic (exact) mass is 453 g/mol. The topological polar surface area (TPSA) is 64.3 Å². The average molecular weight is 454 g/mol. The number of H-pyrrole nitrogens is 1. The average Bonchev–Trinajstić information content (AvgIpc) is 3.25. The second-order valence-electron chi connectivity index (χ2n) is 9.04. The van der Waals surface area contributed by atoms with Crippen LogP contribution in [0.1, 0.15) is 18.1 Å². The molecule has 0 radical (unpaired) electrons. The molecule has 1 saturated heterocycles. The first-order valence-corrected chi connectivity index (χ1v) is 11.9. The summed E-state index contributed by atoms with van der Waals surface area (Å²) < 4.78 is 0. The van der Waals surface area contributed by atoms with E-state index < -0.39 is 0 Å². The molecule has 0 spiro atoms. The SMILES string of the molecule is CNc1cc(-c2c(-c3cccc(CN4CCN(C(C)=O)CC4)c3)[nH]c3ncccc23)ccc1C. The van der Waals surface area contributed by atoms with Gasteiger partial charge in [-0.2, -0.15) is 0 Å². The second kappa shape index (κ2) is 9.31. The van der Waals surface area contributed by atoms with Crippen LogP contribution in [0, 0.1) is 6.92 Å². The Kier molecular flexibility index (Phi) is 6.07. The van der Waals surface area contributed by atoms with Gasteiger partial charge in [-0.25, -0.2) is 4.98 Å². The highest BCUT2D eigenvalue weighted by molar-refractivity contribution is 6.02. The van der Waals surface area contributed by atoms with E-state index in [1.165, 1.54) is 16.7 Å². The Morgan fingerprint density at radius 3 is 2.62 bits per heavy atom. The molecule has 0 atom stereocenters. The lowest BCUT2D eigenvalue weighted by Gasteiger charge is -2.34. The molecular formula is C28H31N5O. The van der Waals surface area contributed by atoms with Gasteiger partial charge in [0.1, 0.15) is 5.65 Å². The summed E-state index contributed by atoms with van der Waals surface area (Å²) in [6.45, 7) is 8.06. The summed E-state index contributed by atoms with van der Waals surface area (Å²) in [6.07, 6.45) is 1.83. The minimum absolute atomic E-state index is 0.166. The number of benzene rings is 2. The molecule has 1 aliphatic rings. The summed E-state index contributed by atoms with van der Waals surface area (Å²) >= 11 is 0. The summed E-state index contributed by atoms with van der Waals surface area (Å²) in [5, 5.41) is 4.43. The Bertz CT molecular complexity index is 1330. The molecule has 3 heterocycles. The lowest BCUT2D eigenvalue weighted by Crippen LogP contribution is -2.47. The van der Waals surface area contributed by atoms with E-state index in [1.54, 1.807) is 6.92 Å². The first-order chi connectivity index (χ1) is 16.5. The summed E-state index contributed by atoms with van der Waals surface area (Å²) in [5.41, 5.74) is 9.08. The quantitative estimate of drug-likeness (QED) is 0.451. The molecule has 0 aliphatic carbocycles. The molecule has 0 bridgehead atoms. The Hall–Kier alpha value is -3.64. The van der Waals surface area contributed by atoms with Gasteiger partial charge in [-0.05, 0) is 53.4 Å². The molecule has 2 N–H and O–H groups in total. The number of aromatic nitrogens is 2. The number of anilines is 1. The van der Waals surface area contributed by atoms with E-state index in [0.29, 0.717) is 0 Å². The molecule has 34 heavy (non-hydrogen) atoms. The number of aryl methyl sites for hydroxylation is 1. The van der Waals surface area contributed by atoms with Gasteiger partial charge in [0.25, 0.3) is 0 Å². The fraction of sp³-hybridized carbons (Fsp3) is 0.286. The number of hydrogen-bond donors (Lipinski definition) is 2. The third-order valence-corrected chi connectivity index (χ3v) is 6.81. The Balaban J connectivity index is 1.51. The predicted molar refractivity (Wildman–Crippen MR) is 139 cm³/mol. The minimum Gasteiger partial charge on any atom is -0.388 e. The van der Waals surface area contributed by atoms with Crippen LogP contribution in [0.25, 0.3) is 33.4 Å². The number of rotatable bonds is 5. The van der Waals surface area contributed by atoms with Crippen LogP contribution < -0.4 is 5.32 Å². The van der Waals surface area contributed by atoms with Crippen LogP contribution in [-0.4, -0.2) is 58.9 Å². The standard InChI is InChI=1S/C28H31N5O/c1-19-9-10-22(17-25(19)29-3)26-24-8-5-11-30-28(24)31-27(26)23-7-4-6-21(16-23)18-32-12-14-33(15-13-32)20(2)34/h4-11,16-17,29H,12-15,18H2,1-3H3,(H,30,31).